The fourth-order valence-corrected chi connectivity index (χ4v) is 4.19. The third-order valence-corrected chi connectivity index (χ3v) is 5.50. The van der Waals surface area contributed by atoms with Crippen LogP contribution in [0.15, 0.2) is 72.9 Å². The molecule has 0 fully saturated rings. The van der Waals surface area contributed by atoms with Gasteiger partial charge in [-0.3, -0.25) is 4.57 Å². The van der Waals surface area contributed by atoms with E-state index in [0.717, 1.165) is 26.8 Å². The second-order valence-corrected chi connectivity index (χ2v) is 7.16. The van der Waals surface area contributed by atoms with E-state index in [1.807, 2.05) is 47.0 Å². The molecule has 0 radical (unpaired) electrons. The lowest BCUT2D eigenvalue weighted by atomic mass is 10.2. The molecule has 6 heteroatoms. The van der Waals surface area contributed by atoms with Crippen LogP contribution in [0.3, 0.4) is 0 Å². The molecular formula is C19H13N3S3. The summed E-state index contributed by atoms with van der Waals surface area (Å²) in [5, 5.41) is 0.939. The molecule has 0 aliphatic carbocycles. The minimum absolute atomic E-state index is 0.537. The first-order chi connectivity index (χ1) is 12.2. The molecule has 2 aromatic heterocycles. The molecule has 25 heavy (non-hydrogen) atoms. The summed E-state index contributed by atoms with van der Waals surface area (Å²) in [4.78, 5) is 8.96. The lowest BCUT2D eigenvalue weighted by Gasteiger charge is -2.06. The van der Waals surface area contributed by atoms with Gasteiger partial charge in [0, 0.05) is 11.8 Å². The highest BCUT2D eigenvalue weighted by Crippen LogP contribution is 2.37. The maximum absolute atomic E-state index is 5.50. The van der Waals surface area contributed by atoms with Crippen LogP contribution in [-0.4, -0.2) is 14.5 Å². The Labute approximate surface area is 159 Å². The van der Waals surface area contributed by atoms with E-state index < -0.39 is 0 Å². The third-order valence-electron chi connectivity index (χ3n) is 3.73. The van der Waals surface area contributed by atoms with Gasteiger partial charge in [-0.1, -0.05) is 72.9 Å². The number of hydrogen-bond acceptors (Lipinski definition) is 4. The van der Waals surface area contributed by atoms with Gasteiger partial charge < -0.3 is 4.98 Å². The van der Waals surface area contributed by atoms with Gasteiger partial charge in [0.15, 0.2) is 10.6 Å². The van der Waals surface area contributed by atoms with Gasteiger partial charge in [0.2, 0.25) is 0 Å². The summed E-state index contributed by atoms with van der Waals surface area (Å²) < 4.78 is 2.98. The summed E-state index contributed by atoms with van der Waals surface area (Å²) in [5.74, 6) is 0.766. The molecule has 0 atom stereocenters. The maximum atomic E-state index is 5.50. The Balaban J connectivity index is 2.01. The van der Waals surface area contributed by atoms with Crippen molar-refractivity contribution in [2.24, 2.45) is 0 Å². The minimum atomic E-state index is 0.537. The molecule has 4 rings (SSSR count). The summed E-state index contributed by atoms with van der Waals surface area (Å²) in [6.45, 7) is 0. The van der Waals surface area contributed by atoms with Crippen molar-refractivity contribution < 1.29 is 0 Å². The van der Waals surface area contributed by atoms with Crippen molar-refractivity contribution in [1.82, 2.24) is 14.5 Å². The molecule has 0 spiro atoms. The Morgan fingerprint density at radius 1 is 0.840 bits per heavy atom. The highest BCUT2D eigenvalue weighted by molar-refractivity contribution is 7.72. The first-order valence-corrected chi connectivity index (χ1v) is 9.30. The topological polar surface area (TPSA) is 33.6 Å². The molecular weight excluding hydrogens is 366 g/mol. The molecule has 0 aliphatic rings. The van der Waals surface area contributed by atoms with Crippen molar-refractivity contribution in [3.05, 3.63) is 82.3 Å². The molecule has 2 heterocycles. The van der Waals surface area contributed by atoms with Crippen LogP contribution < -0.4 is 0 Å². The van der Waals surface area contributed by atoms with Gasteiger partial charge in [-0.05, 0) is 23.8 Å². The smallest absolute Gasteiger partial charge is 0.184 e. The van der Waals surface area contributed by atoms with Crippen LogP contribution in [0.5, 0.6) is 0 Å². The Morgan fingerprint density at radius 3 is 2.12 bits per heavy atom. The van der Waals surface area contributed by atoms with E-state index in [9.17, 15) is 0 Å². The van der Waals surface area contributed by atoms with Crippen molar-refractivity contribution in [1.29, 1.82) is 0 Å². The quantitative estimate of drug-likeness (QED) is 0.440. The summed E-state index contributed by atoms with van der Waals surface area (Å²) in [6.07, 6.45) is 1.76. The van der Waals surface area contributed by atoms with Crippen molar-refractivity contribution in [3.63, 3.8) is 0 Å². The number of nitrogens with one attached hydrogen (secondary N) is 1. The molecule has 0 unspecified atom stereocenters. The van der Waals surface area contributed by atoms with E-state index >= 15 is 0 Å². The molecule has 2 aromatic carbocycles. The second-order valence-electron chi connectivity index (χ2n) is 5.36. The summed E-state index contributed by atoms with van der Waals surface area (Å²) in [7, 11) is 0. The van der Waals surface area contributed by atoms with Crippen molar-refractivity contribution >= 4 is 35.8 Å². The van der Waals surface area contributed by atoms with Gasteiger partial charge in [-0.25, -0.2) is 4.98 Å². The number of aromatic nitrogens is 3. The summed E-state index contributed by atoms with van der Waals surface area (Å²) in [6, 6.07) is 22.2. The normalized spacial score (nSPS) is 10.7. The van der Waals surface area contributed by atoms with E-state index in [-0.39, 0.29) is 0 Å². The van der Waals surface area contributed by atoms with E-state index in [1.54, 1.807) is 17.5 Å². The highest BCUT2D eigenvalue weighted by Gasteiger charge is 2.16. The lowest BCUT2D eigenvalue weighted by Crippen LogP contribution is -2.02. The molecule has 0 amide bonds. The zero-order valence-electron chi connectivity index (χ0n) is 13.0. The minimum Gasteiger partial charge on any atom is -0.338 e. The summed E-state index contributed by atoms with van der Waals surface area (Å²) in [5.41, 5.74) is 2.17. The number of nitrogens with zero attached hydrogens (tertiary/aromatic N) is 2. The average Bonchev–Trinajstić information content (AvgIpc) is 3.08. The van der Waals surface area contributed by atoms with Gasteiger partial charge >= 0.3 is 0 Å². The molecule has 3 nitrogen and oxygen atoms in total. The van der Waals surface area contributed by atoms with Crippen LogP contribution in [0, 0.1) is 9.41 Å². The van der Waals surface area contributed by atoms with E-state index in [2.05, 4.69) is 29.2 Å². The molecule has 0 aliphatic heterocycles. The largest absolute Gasteiger partial charge is 0.338 e. The fraction of sp³-hybridized carbons (Fsp3) is 0. The van der Waals surface area contributed by atoms with Crippen molar-refractivity contribution in [2.75, 3.05) is 0 Å². The van der Waals surface area contributed by atoms with Crippen LogP contribution in [0.25, 0.3) is 26.8 Å². The van der Waals surface area contributed by atoms with E-state index in [4.69, 9.17) is 29.4 Å². The van der Waals surface area contributed by atoms with Gasteiger partial charge in [0.1, 0.15) is 9.65 Å². The van der Waals surface area contributed by atoms with Gasteiger partial charge in [-0.2, -0.15) is 0 Å². The zero-order valence-corrected chi connectivity index (χ0v) is 15.5. The lowest BCUT2D eigenvalue weighted by molar-refractivity contribution is 0.915. The third kappa shape index (κ3) is 3.11. The van der Waals surface area contributed by atoms with Crippen molar-refractivity contribution in [2.45, 2.75) is 0 Å². The Morgan fingerprint density at radius 2 is 1.48 bits per heavy atom. The van der Waals surface area contributed by atoms with E-state index in [1.165, 1.54) is 0 Å². The van der Waals surface area contributed by atoms with Gasteiger partial charge in [-0.15, -0.1) is 11.3 Å². The van der Waals surface area contributed by atoms with Crippen LogP contribution in [0.4, 0.5) is 0 Å². The molecule has 0 saturated carbocycles. The average molecular weight is 380 g/mol. The molecule has 4 aromatic rings. The number of H-pyrrole nitrogens is 1. The van der Waals surface area contributed by atoms with Crippen LogP contribution in [0.1, 0.15) is 0 Å². The number of rotatable bonds is 3. The standard InChI is InChI=1S/C19H13N3S3/c23-15-11-12-20-19(24)22(15)17-16(13-7-3-1-4-8-13)25-18(21-17)14-9-5-2-6-10-14/h1-12H,(H,20,24). The molecule has 0 bridgehead atoms. The molecule has 122 valence electrons. The zero-order chi connectivity index (χ0) is 17.2. The second kappa shape index (κ2) is 6.84. The SMILES string of the molecule is S=c1cc[nH]c(=S)n1-c1nc(-c2ccccc2)sc1-c1ccccc1. The van der Waals surface area contributed by atoms with Crippen molar-refractivity contribution in [3.8, 4) is 26.8 Å². The van der Waals surface area contributed by atoms with Gasteiger partial charge in [0.05, 0.1) is 4.88 Å². The first-order valence-electron chi connectivity index (χ1n) is 7.67. The maximum Gasteiger partial charge on any atom is 0.184 e. The predicted octanol–water partition coefficient (Wildman–Crippen LogP) is 6.05. The Hall–Kier alpha value is -2.41. The Bertz CT molecular complexity index is 1100. The first kappa shape index (κ1) is 16.1. The fourth-order valence-electron chi connectivity index (χ4n) is 2.57. The van der Waals surface area contributed by atoms with E-state index in [0.29, 0.717) is 9.41 Å². The number of aromatic amines is 1. The predicted molar refractivity (Wildman–Crippen MR) is 108 cm³/mol. The molecule has 1 N–H and O–H groups in total. The number of benzene rings is 2. The number of thiazole rings is 1. The molecule has 0 saturated heterocycles. The monoisotopic (exact) mass is 379 g/mol. The summed E-state index contributed by atoms with van der Waals surface area (Å²) >= 11 is 12.6. The van der Waals surface area contributed by atoms with Gasteiger partial charge in [0.25, 0.3) is 0 Å². The number of hydrogen-bond donors (Lipinski definition) is 1. The Kier molecular flexibility index (Phi) is 4.40. The van der Waals surface area contributed by atoms with Crippen LogP contribution in [-0.2, 0) is 0 Å². The highest BCUT2D eigenvalue weighted by atomic mass is 32.1. The van der Waals surface area contributed by atoms with Crippen LogP contribution >= 0.6 is 35.8 Å². The van der Waals surface area contributed by atoms with Crippen LogP contribution in [0.2, 0.25) is 0 Å².